The van der Waals surface area contributed by atoms with E-state index >= 15 is 0 Å². The molecule has 4 aromatic heterocycles. The smallest absolute Gasteiger partial charge is 0.218 e. The molecular formula is C16H12ClFN6O. The van der Waals surface area contributed by atoms with Crippen LogP contribution in [0.25, 0.3) is 17.2 Å². The van der Waals surface area contributed by atoms with E-state index in [4.69, 9.17) is 16.3 Å². The molecule has 7 nitrogen and oxygen atoms in total. The van der Waals surface area contributed by atoms with E-state index < -0.39 is 5.95 Å². The van der Waals surface area contributed by atoms with Crippen LogP contribution < -0.4 is 4.74 Å². The number of methoxy groups -OCH3 is 1. The third-order valence-electron chi connectivity index (χ3n) is 3.69. The molecule has 0 saturated carbocycles. The largest absolute Gasteiger partial charge is 0.481 e. The van der Waals surface area contributed by atoms with Crippen molar-refractivity contribution in [1.29, 1.82) is 0 Å². The summed E-state index contributed by atoms with van der Waals surface area (Å²) in [4.78, 5) is 16.8. The lowest BCUT2D eigenvalue weighted by Gasteiger charge is -2.06. The van der Waals surface area contributed by atoms with Gasteiger partial charge in [0.25, 0.3) is 0 Å². The molecule has 0 bridgehead atoms. The first-order valence-electron chi connectivity index (χ1n) is 7.36. The van der Waals surface area contributed by atoms with Crippen molar-refractivity contribution in [2.24, 2.45) is 0 Å². The van der Waals surface area contributed by atoms with Crippen LogP contribution in [0.2, 0.25) is 5.15 Å². The number of aromatic nitrogens is 6. The molecule has 126 valence electrons. The standard InChI is InChI=1S/C16H12ClFN6O/c1-25-14-7-13-22-11(15(17)24(13)9-20-14)8-23-6-5-19-16(23)10-3-2-4-12(18)21-10/h2-7,9H,8H2,1H3. The second-order valence-electron chi connectivity index (χ2n) is 5.23. The Hall–Kier alpha value is -3.00. The quantitative estimate of drug-likeness (QED) is 0.525. The van der Waals surface area contributed by atoms with Gasteiger partial charge < -0.3 is 9.30 Å². The van der Waals surface area contributed by atoms with Crippen molar-refractivity contribution in [3.8, 4) is 17.4 Å². The zero-order chi connectivity index (χ0) is 17.4. The van der Waals surface area contributed by atoms with E-state index in [1.807, 2.05) is 0 Å². The molecule has 0 aliphatic rings. The summed E-state index contributed by atoms with van der Waals surface area (Å²) in [5.74, 6) is 0.423. The first-order valence-corrected chi connectivity index (χ1v) is 7.74. The van der Waals surface area contributed by atoms with Crippen LogP contribution in [-0.4, -0.2) is 36.0 Å². The Morgan fingerprint density at radius 2 is 2.12 bits per heavy atom. The van der Waals surface area contributed by atoms with Gasteiger partial charge in [-0.1, -0.05) is 17.7 Å². The number of imidazole rings is 2. The molecule has 0 N–H and O–H groups in total. The van der Waals surface area contributed by atoms with Gasteiger partial charge in [-0.25, -0.2) is 19.9 Å². The number of rotatable bonds is 4. The lowest BCUT2D eigenvalue weighted by Crippen LogP contribution is -2.03. The fourth-order valence-electron chi connectivity index (χ4n) is 2.53. The summed E-state index contributed by atoms with van der Waals surface area (Å²) >= 11 is 6.40. The van der Waals surface area contributed by atoms with E-state index in [1.54, 1.807) is 45.9 Å². The lowest BCUT2D eigenvalue weighted by molar-refractivity contribution is 0.397. The third-order valence-corrected chi connectivity index (χ3v) is 4.09. The molecule has 25 heavy (non-hydrogen) atoms. The van der Waals surface area contributed by atoms with Gasteiger partial charge in [-0.2, -0.15) is 4.39 Å². The summed E-state index contributed by atoms with van der Waals surface area (Å²) in [5.41, 5.74) is 1.69. The molecule has 0 amide bonds. The van der Waals surface area contributed by atoms with Crippen LogP contribution in [0.5, 0.6) is 5.88 Å². The van der Waals surface area contributed by atoms with Crippen LogP contribution in [0.1, 0.15) is 5.69 Å². The predicted molar refractivity (Wildman–Crippen MR) is 89.1 cm³/mol. The van der Waals surface area contributed by atoms with Gasteiger partial charge in [0.05, 0.1) is 19.3 Å². The van der Waals surface area contributed by atoms with Crippen molar-refractivity contribution in [3.63, 3.8) is 0 Å². The van der Waals surface area contributed by atoms with Gasteiger partial charge in [0.1, 0.15) is 22.8 Å². The summed E-state index contributed by atoms with van der Waals surface area (Å²) in [6.45, 7) is 0.357. The molecule has 0 aliphatic heterocycles. The fourth-order valence-corrected chi connectivity index (χ4v) is 2.76. The van der Waals surface area contributed by atoms with E-state index in [0.717, 1.165) is 0 Å². The Labute approximate surface area is 146 Å². The Morgan fingerprint density at radius 3 is 2.92 bits per heavy atom. The van der Waals surface area contributed by atoms with Crippen LogP contribution in [0, 0.1) is 5.95 Å². The van der Waals surface area contributed by atoms with Crippen molar-refractivity contribution in [1.82, 2.24) is 28.9 Å². The Balaban J connectivity index is 1.73. The average molecular weight is 359 g/mol. The van der Waals surface area contributed by atoms with Gasteiger partial charge >= 0.3 is 0 Å². The lowest BCUT2D eigenvalue weighted by atomic mass is 10.3. The third kappa shape index (κ3) is 2.80. The van der Waals surface area contributed by atoms with Crippen molar-refractivity contribution < 1.29 is 9.13 Å². The van der Waals surface area contributed by atoms with Crippen molar-refractivity contribution in [2.45, 2.75) is 6.54 Å². The van der Waals surface area contributed by atoms with E-state index in [-0.39, 0.29) is 0 Å². The first kappa shape index (κ1) is 15.5. The SMILES string of the molecule is COc1cc2nc(Cn3ccnc3-c3cccc(F)n3)c(Cl)n2cn1. The minimum Gasteiger partial charge on any atom is -0.481 e. The summed E-state index contributed by atoms with van der Waals surface area (Å²) in [6.07, 6.45) is 4.94. The normalized spacial score (nSPS) is 11.2. The summed E-state index contributed by atoms with van der Waals surface area (Å²) in [7, 11) is 1.54. The molecule has 0 radical (unpaired) electrons. The highest BCUT2D eigenvalue weighted by molar-refractivity contribution is 6.30. The molecule has 0 saturated heterocycles. The predicted octanol–water partition coefficient (Wildman–Crippen LogP) is 2.84. The van der Waals surface area contributed by atoms with E-state index in [0.29, 0.717) is 40.4 Å². The van der Waals surface area contributed by atoms with Crippen LogP contribution in [0.4, 0.5) is 4.39 Å². The summed E-state index contributed by atoms with van der Waals surface area (Å²) in [6, 6.07) is 6.27. The van der Waals surface area contributed by atoms with Crippen molar-refractivity contribution in [2.75, 3.05) is 7.11 Å². The Bertz CT molecular complexity index is 1060. The maximum Gasteiger partial charge on any atom is 0.218 e. The number of halogens is 2. The average Bonchev–Trinajstić information content (AvgIpc) is 3.20. The van der Waals surface area contributed by atoms with Gasteiger partial charge in [0.15, 0.2) is 5.82 Å². The number of fused-ring (bicyclic) bond motifs is 1. The van der Waals surface area contributed by atoms with Crippen LogP contribution in [0.15, 0.2) is 43.0 Å². The van der Waals surface area contributed by atoms with Crippen LogP contribution in [-0.2, 0) is 6.54 Å². The van der Waals surface area contributed by atoms with Gasteiger partial charge in [-0.05, 0) is 12.1 Å². The summed E-state index contributed by atoms with van der Waals surface area (Å²) in [5, 5.41) is 0.442. The van der Waals surface area contributed by atoms with Crippen molar-refractivity contribution in [3.05, 3.63) is 59.8 Å². The molecule has 4 rings (SSSR count). The highest BCUT2D eigenvalue weighted by Crippen LogP contribution is 2.23. The van der Waals surface area contributed by atoms with E-state index in [1.165, 1.54) is 13.2 Å². The number of hydrogen-bond acceptors (Lipinski definition) is 5. The van der Waals surface area contributed by atoms with Gasteiger partial charge in [-0.3, -0.25) is 4.40 Å². The Kier molecular flexibility index (Phi) is 3.81. The minimum atomic E-state index is -0.559. The topological polar surface area (TPSA) is 70.1 Å². The van der Waals surface area contributed by atoms with Gasteiger partial charge in [0, 0.05) is 18.5 Å². The van der Waals surface area contributed by atoms with Crippen LogP contribution in [0.3, 0.4) is 0 Å². The molecule has 4 aromatic rings. The molecule has 0 fully saturated rings. The second-order valence-corrected chi connectivity index (χ2v) is 5.59. The van der Waals surface area contributed by atoms with Crippen LogP contribution >= 0.6 is 11.6 Å². The molecule has 0 atom stereocenters. The maximum absolute atomic E-state index is 13.4. The van der Waals surface area contributed by atoms with Gasteiger partial charge in [-0.15, -0.1) is 0 Å². The van der Waals surface area contributed by atoms with E-state index in [2.05, 4.69) is 19.9 Å². The number of pyridine rings is 1. The molecule has 0 spiro atoms. The van der Waals surface area contributed by atoms with Crippen molar-refractivity contribution >= 4 is 17.2 Å². The molecule has 0 aliphatic carbocycles. The number of ether oxygens (including phenoxy) is 1. The highest BCUT2D eigenvalue weighted by Gasteiger charge is 2.15. The monoisotopic (exact) mass is 358 g/mol. The number of nitrogens with zero attached hydrogens (tertiary/aromatic N) is 6. The van der Waals surface area contributed by atoms with Gasteiger partial charge in [0.2, 0.25) is 11.8 Å². The molecule has 9 heteroatoms. The fraction of sp³-hybridized carbons (Fsp3) is 0.125. The molecular weight excluding hydrogens is 347 g/mol. The van der Waals surface area contributed by atoms with E-state index in [9.17, 15) is 4.39 Å². The maximum atomic E-state index is 13.4. The second kappa shape index (κ2) is 6.14. The molecule has 0 unspecified atom stereocenters. The zero-order valence-electron chi connectivity index (χ0n) is 13.1. The summed E-state index contributed by atoms with van der Waals surface area (Å²) < 4.78 is 22.0. The Morgan fingerprint density at radius 1 is 1.24 bits per heavy atom. The minimum absolute atomic E-state index is 0.357. The first-order chi connectivity index (χ1) is 12.2. The highest BCUT2D eigenvalue weighted by atomic mass is 35.5. The molecule has 4 heterocycles. The number of hydrogen-bond donors (Lipinski definition) is 0. The molecule has 0 aromatic carbocycles. The zero-order valence-corrected chi connectivity index (χ0v) is 13.9.